The summed E-state index contributed by atoms with van der Waals surface area (Å²) in [5.41, 5.74) is 0.692. The van der Waals surface area contributed by atoms with Crippen molar-refractivity contribution in [1.29, 1.82) is 0 Å². The number of carbonyl (C=O) groups is 1. The topological polar surface area (TPSA) is 87.5 Å². The van der Waals surface area contributed by atoms with Crippen LogP contribution in [-0.2, 0) is 11.0 Å². The molecule has 0 bridgehead atoms. The highest BCUT2D eigenvalue weighted by molar-refractivity contribution is 6.09. The number of carboxylic acid groups (broad SMARTS) is 1. The summed E-state index contributed by atoms with van der Waals surface area (Å²) >= 11 is 0. The number of aromatic nitrogens is 2. The Morgan fingerprint density at radius 3 is 2.82 bits per heavy atom. The highest BCUT2D eigenvalue weighted by atomic mass is 19.4. The van der Waals surface area contributed by atoms with Crippen LogP contribution in [0.25, 0.3) is 0 Å². The maximum absolute atomic E-state index is 13.0. The van der Waals surface area contributed by atoms with E-state index in [4.69, 9.17) is 0 Å². The largest absolute Gasteiger partial charge is 0.478 e. The number of nitrogens with one attached hydrogen (secondary N) is 1. The van der Waals surface area contributed by atoms with Crippen molar-refractivity contribution in [3.63, 3.8) is 0 Å². The van der Waals surface area contributed by atoms with Gasteiger partial charge >= 0.3 is 12.1 Å². The summed E-state index contributed by atoms with van der Waals surface area (Å²) in [7, 11) is 0. The zero-order chi connectivity index (χ0) is 19.9. The maximum Gasteiger partial charge on any atom is 0.416 e. The summed E-state index contributed by atoms with van der Waals surface area (Å²) in [6, 6.07) is 4.22. The normalized spacial score (nSPS) is 20.5. The number of aliphatic carboxylic acids is 1. The molecule has 0 spiro atoms. The van der Waals surface area contributed by atoms with E-state index in [9.17, 15) is 23.1 Å². The molecular formula is C19H13F3N4O2. The molecule has 2 N–H and O–H groups in total. The van der Waals surface area contributed by atoms with E-state index in [1.54, 1.807) is 12.3 Å². The van der Waals surface area contributed by atoms with Crippen molar-refractivity contribution in [3.05, 3.63) is 77.4 Å². The van der Waals surface area contributed by atoms with E-state index in [1.165, 1.54) is 30.6 Å². The van der Waals surface area contributed by atoms with Crippen molar-refractivity contribution >= 4 is 17.5 Å². The van der Waals surface area contributed by atoms with Crippen LogP contribution in [-0.4, -0.2) is 32.9 Å². The van der Waals surface area contributed by atoms with E-state index in [2.05, 4.69) is 20.3 Å². The number of rotatable bonds is 2. The van der Waals surface area contributed by atoms with Gasteiger partial charge in [0.1, 0.15) is 12.0 Å². The monoisotopic (exact) mass is 386 g/mol. The molecule has 28 heavy (non-hydrogen) atoms. The number of benzene rings is 1. The van der Waals surface area contributed by atoms with Gasteiger partial charge in [0.05, 0.1) is 17.2 Å². The van der Waals surface area contributed by atoms with E-state index in [1.807, 2.05) is 0 Å². The molecule has 0 radical (unpaired) electrons. The number of alkyl halides is 3. The molecule has 9 heteroatoms. The van der Waals surface area contributed by atoms with Gasteiger partial charge in [0.15, 0.2) is 5.84 Å². The molecular weight excluding hydrogens is 373 g/mol. The van der Waals surface area contributed by atoms with Crippen LogP contribution < -0.4 is 5.32 Å². The highest BCUT2D eigenvalue weighted by Gasteiger charge is 2.33. The summed E-state index contributed by atoms with van der Waals surface area (Å²) in [6.07, 6.45) is 3.20. The smallest absolute Gasteiger partial charge is 0.416 e. The standard InChI is InChI=1S/C19H13F3N4O2/c20-19(21,22)11-2-1-3-12(7-11)25-17-16-14(8-23-9-24-16)13-5-4-10(18(27)28)6-15(13)26-17/h1-9,13,15H,(H,25,26)(H,27,28). The average Bonchev–Trinajstić information content (AvgIpc) is 2.67. The Bertz CT molecular complexity index is 1040. The van der Waals surface area contributed by atoms with Gasteiger partial charge < -0.3 is 10.4 Å². The Balaban J connectivity index is 1.74. The molecule has 1 aromatic heterocycles. The molecule has 1 aliphatic carbocycles. The van der Waals surface area contributed by atoms with E-state index in [0.29, 0.717) is 11.3 Å². The predicted molar refractivity (Wildman–Crippen MR) is 95.0 cm³/mol. The van der Waals surface area contributed by atoms with Crippen LogP contribution in [0.1, 0.15) is 22.7 Å². The molecule has 0 saturated heterocycles. The maximum atomic E-state index is 13.0. The van der Waals surface area contributed by atoms with Crippen molar-refractivity contribution in [1.82, 2.24) is 9.97 Å². The Labute approximate surface area is 157 Å². The van der Waals surface area contributed by atoms with Crippen LogP contribution in [0.4, 0.5) is 18.9 Å². The van der Waals surface area contributed by atoms with Crippen molar-refractivity contribution in [2.24, 2.45) is 4.99 Å². The molecule has 2 aromatic rings. The second kappa shape index (κ2) is 6.59. The lowest BCUT2D eigenvalue weighted by Gasteiger charge is -2.29. The number of aliphatic imine (C=N–C) groups is 1. The van der Waals surface area contributed by atoms with Crippen LogP contribution in [0.15, 0.2) is 65.6 Å². The predicted octanol–water partition coefficient (Wildman–Crippen LogP) is 3.40. The lowest BCUT2D eigenvalue weighted by molar-refractivity contribution is -0.137. The zero-order valence-electron chi connectivity index (χ0n) is 14.2. The summed E-state index contributed by atoms with van der Waals surface area (Å²) < 4.78 is 38.9. The number of fused-ring (bicyclic) bond motifs is 3. The van der Waals surface area contributed by atoms with E-state index in [0.717, 1.165) is 12.1 Å². The Hall–Kier alpha value is -3.49. The van der Waals surface area contributed by atoms with Crippen molar-refractivity contribution < 1.29 is 23.1 Å². The lowest BCUT2D eigenvalue weighted by atomic mass is 9.84. The van der Waals surface area contributed by atoms with Gasteiger partial charge in [-0.15, -0.1) is 0 Å². The molecule has 1 aromatic carbocycles. The number of amidine groups is 1. The molecule has 1 aliphatic heterocycles. The number of carboxylic acids is 1. The van der Waals surface area contributed by atoms with Crippen LogP contribution in [0, 0.1) is 0 Å². The number of halogens is 3. The Morgan fingerprint density at radius 1 is 1.25 bits per heavy atom. The summed E-state index contributed by atoms with van der Waals surface area (Å²) in [6.45, 7) is 0. The van der Waals surface area contributed by atoms with E-state index in [-0.39, 0.29) is 23.0 Å². The second-order valence-corrected chi connectivity index (χ2v) is 6.31. The molecule has 6 nitrogen and oxygen atoms in total. The van der Waals surface area contributed by atoms with Crippen molar-refractivity contribution in [2.75, 3.05) is 5.32 Å². The first kappa shape index (κ1) is 17.9. The van der Waals surface area contributed by atoms with E-state index >= 15 is 0 Å². The Morgan fingerprint density at radius 2 is 2.07 bits per heavy atom. The minimum absolute atomic E-state index is 0.101. The summed E-state index contributed by atoms with van der Waals surface area (Å²) in [4.78, 5) is 24.0. The van der Waals surface area contributed by atoms with Gasteiger partial charge in [-0.05, 0) is 24.3 Å². The fourth-order valence-corrected chi connectivity index (χ4v) is 3.21. The van der Waals surface area contributed by atoms with Gasteiger partial charge in [0.25, 0.3) is 0 Å². The third-order valence-electron chi connectivity index (χ3n) is 4.50. The fraction of sp³-hybridized carbons (Fsp3) is 0.158. The third kappa shape index (κ3) is 3.26. The molecule has 0 fully saturated rings. The molecule has 142 valence electrons. The van der Waals surface area contributed by atoms with Crippen LogP contribution in [0.2, 0.25) is 0 Å². The number of anilines is 1. The van der Waals surface area contributed by atoms with Gasteiger partial charge in [0.2, 0.25) is 0 Å². The van der Waals surface area contributed by atoms with Crippen LogP contribution in [0.3, 0.4) is 0 Å². The lowest BCUT2D eigenvalue weighted by Crippen LogP contribution is -2.31. The van der Waals surface area contributed by atoms with Gasteiger partial charge in [-0.3, -0.25) is 4.99 Å². The minimum atomic E-state index is -4.47. The molecule has 2 atom stereocenters. The van der Waals surface area contributed by atoms with Gasteiger partial charge in [-0.25, -0.2) is 14.8 Å². The first-order valence-corrected chi connectivity index (χ1v) is 8.28. The van der Waals surface area contributed by atoms with Gasteiger partial charge in [0, 0.05) is 23.4 Å². The minimum Gasteiger partial charge on any atom is -0.478 e. The molecule has 2 heterocycles. The third-order valence-corrected chi connectivity index (χ3v) is 4.50. The molecule has 0 amide bonds. The van der Waals surface area contributed by atoms with Gasteiger partial charge in [-0.1, -0.05) is 18.2 Å². The van der Waals surface area contributed by atoms with Crippen molar-refractivity contribution in [2.45, 2.75) is 18.1 Å². The summed E-state index contributed by atoms with van der Waals surface area (Å²) in [5.74, 6) is -1.06. The molecule has 0 saturated carbocycles. The first-order chi connectivity index (χ1) is 13.3. The number of hydrogen-bond donors (Lipinski definition) is 2. The van der Waals surface area contributed by atoms with Crippen LogP contribution >= 0.6 is 0 Å². The quantitative estimate of drug-likeness (QED) is 0.826. The van der Waals surface area contributed by atoms with E-state index < -0.39 is 23.8 Å². The molecule has 4 rings (SSSR count). The molecule has 2 aliphatic rings. The van der Waals surface area contributed by atoms with Crippen LogP contribution in [0.5, 0.6) is 0 Å². The fourth-order valence-electron chi connectivity index (χ4n) is 3.21. The second-order valence-electron chi connectivity index (χ2n) is 6.31. The average molecular weight is 386 g/mol. The first-order valence-electron chi connectivity index (χ1n) is 8.28. The SMILES string of the molecule is O=C(O)C1=CC2N=C(Nc3cccc(C(F)(F)F)c3)c3ncncc3C2C=C1. The van der Waals surface area contributed by atoms with Crippen molar-refractivity contribution in [3.8, 4) is 0 Å². The molecule has 2 unspecified atom stereocenters. The zero-order valence-corrected chi connectivity index (χ0v) is 14.2. The number of hydrogen-bond acceptors (Lipinski definition) is 5. The number of nitrogens with zero attached hydrogens (tertiary/aromatic N) is 3. The highest BCUT2D eigenvalue weighted by Crippen LogP contribution is 2.35. The van der Waals surface area contributed by atoms with Gasteiger partial charge in [-0.2, -0.15) is 13.2 Å². The summed E-state index contributed by atoms with van der Waals surface area (Å²) in [5, 5.41) is 12.1. The Kier molecular flexibility index (Phi) is 4.21.